The number of hydrogen-bond acceptors (Lipinski definition) is 2. The average Bonchev–Trinajstić information content (AvgIpc) is 2.89. The minimum Gasteiger partial charge on any atom is -0.348 e. The normalized spacial score (nSPS) is 11.2. The second-order valence-corrected chi connectivity index (χ2v) is 4.67. The van der Waals surface area contributed by atoms with Gasteiger partial charge in [-0.2, -0.15) is 0 Å². The molecule has 0 aliphatic carbocycles. The second-order valence-electron chi connectivity index (χ2n) is 4.67. The number of nitrogens with zero attached hydrogens (tertiary/aromatic N) is 1. The van der Waals surface area contributed by atoms with Crippen LogP contribution in [0.1, 0.15) is 21.7 Å². The maximum Gasteiger partial charge on any atom is 0.185 e. The topological polar surface area (TPSA) is 45.8 Å². The van der Waals surface area contributed by atoms with Crippen molar-refractivity contribution in [3.63, 3.8) is 0 Å². The Hall–Kier alpha value is -2.68. The number of allylic oxidation sites excluding steroid dienone is 1. The molecule has 1 N–H and O–H groups in total. The third-order valence-electron chi connectivity index (χ3n) is 3.30. The van der Waals surface area contributed by atoms with E-state index in [9.17, 15) is 4.79 Å². The Morgan fingerprint density at radius 2 is 1.95 bits per heavy atom. The van der Waals surface area contributed by atoms with Gasteiger partial charge in [0.15, 0.2) is 5.78 Å². The van der Waals surface area contributed by atoms with E-state index < -0.39 is 0 Å². The summed E-state index contributed by atoms with van der Waals surface area (Å²) in [5.41, 5.74) is 2.43. The van der Waals surface area contributed by atoms with Crippen LogP contribution in [-0.4, -0.2) is 15.8 Å². The zero-order valence-corrected chi connectivity index (χ0v) is 11.1. The molecule has 1 heterocycles. The Labute approximate surface area is 117 Å². The van der Waals surface area contributed by atoms with Crippen LogP contribution in [-0.2, 0) is 0 Å². The lowest BCUT2D eigenvalue weighted by Crippen LogP contribution is -1.94. The highest BCUT2D eigenvalue weighted by molar-refractivity contribution is 6.08. The third-order valence-corrected chi connectivity index (χ3v) is 3.30. The molecule has 0 bridgehead atoms. The predicted octanol–water partition coefficient (Wildman–Crippen LogP) is 3.77. The van der Waals surface area contributed by atoms with Crippen molar-refractivity contribution in [3.05, 3.63) is 71.8 Å². The van der Waals surface area contributed by atoms with Gasteiger partial charge in [0.05, 0.1) is 12.0 Å². The van der Waals surface area contributed by atoms with Crippen molar-refractivity contribution in [2.75, 3.05) is 0 Å². The molecule has 3 rings (SSSR count). The molecule has 0 unspecified atom stereocenters. The van der Waals surface area contributed by atoms with E-state index in [1.165, 1.54) is 0 Å². The number of fused-ring (bicyclic) bond motifs is 1. The smallest absolute Gasteiger partial charge is 0.185 e. The number of benzene rings is 2. The number of aromatic amines is 1. The summed E-state index contributed by atoms with van der Waals surface area (Å²) in [6.07, 6.45) is 4.92. The first-order valence-electron chi connectivity index (χ1n) is 6.45. The Balaban J connectivity index is 1.89. The lowest BCUT2D eigenvalue weighted by molar-refractivity contribution is 0.104. The average molecular weight is 262 g/mol. The molecule has 2 aromatic carbocycles. The number of carbonyl (C=O) groups is 1. The van der Waals surface area contributed by atoms with E-state index in [2.05, 4.69) is 9.97 Å². The number of carbonyl (C=O) groups excluding carboxylic acids is 1. The van der Waals surface area contributed by atoms with Crippen LogP contribution in [0.3, 0.4) is 0 Å². The fourth-order valence-electron chi connectivity index (χ4n) is 2.13. The summed E-state index contributed by atoms with van der Waals surface area (Å²) in [4.78, 5) is 19.3. The number of aromatic nitrogens is 2. The maximum atomic E-state index is 12.2. The number of ketones is 1. The van der Waals surface area contributed by atoms with Crippen LogP contribution in [0.15, 0.2) is 54.9 Å². The fraction of sp³-hybridized carbons (Fsp3) is 0.0588. The second kappa shape index (κ2) is 5.13. The van der Waals surface area contributed by atoms with Gasteiger partial charge >= 0.3 is 0 Å². The van der Waals surface area contributed by atoms with Gasteiger partial charge in [0.2, 0.25) is 0 Å². The minimum atomic E-state index is -0.0156. The summed E-state index contributed by atoms with van der Waals surface area (Å²) in [6.45, 7) is 1.92. The molecule has 0 radical (unpaired) electrons. The van der Waals surface area contributed by atoms with Gasteiger partial charge in [-0.25, -0.2) is 4.98 Å². The minimum absolute atomic E-state index is 0.0156. The molecule has 0 saturated heterocycles. The standard InChI is InChI=1S/C17H14N2O/c1-12-16(19-11-18-12)8-9-17(20)15-7-6-13-4-2-3-5-14(13)10-15/h2-11H,1H3,(H,18,19). The number of imidazole rings is 1. The summed E-state index contributed by atoms with van der Waals surface area (Å²) >= 11 is 0. The van der Waals surface area contributed by atoms with Gasteiger partial charge < -0.3 is 4.98 Å². The van der Waals surface area contributed by atoms with Gasteiger partial charge in [-0.3, -0.25) is 4.79 Å². The number of aryl methyl sites for hydroxylation is 1. The molecule has 0 amide bonds. The Morgan fingerprint density at radius 3 is 2.70 bits per heavy atom. The first-order chi connectivity index (χ1) is 9.74. The predicted molar refractivity (Wildman–Crippen MR) is 80.6 cm³/mol. The summed E-state index contributed by atoms with van der Waals surface area (Å²) in [5.74, 6) is -0.0156. The first-order valence-corrected chi connectivity index (χ1v) is 6.45. The van der Waals surface area contributed by atoms with Gasteiger partial charge in [0.25, 0.3) is 0 Å². The molecule has 3 nitrogen and oxygen atoms in total. The van der Waals surface area contributed by atoms with Crippen LogP contribution >= 0.6 is 0 Å². The molecule has 0 saturated carbocycles. The van der Waals surface area contributed by atoms with E-state index in [1.54, 1.807) is 18.5 Å². The largest absolute Gasteiger partial charge is 0.348 e. The van der Waals surface area contributed by atoms with E-state index in [0.717, 1.165) is 22.2 Å². The van der Waals surface area contributed by atoms with Crippen LogP contribution in [0.25, 0.3) is 16.8 Å². The van der Waals surface area contributed by atoms with Gasteiger partial charge in [-0.1, -0.05) is 36.4 Å². The zero-order chi connectivity index (χ0) is 13.9. The Kier molecular flexibility index (Phi) is 3.17. The fourth-order valence-corrected chi connectivity index (χ4v) is 2.13. The summed E-state index contributed by atoms with van der Waals surface area (Å²) in [5, 5.41) is 2.21. The van der Waals surface area contributed by atoms with Crippen LogP contribution in [0.5, 0.6) is 0 Å². The molecule has 3 heteroatoms. The SMILES string of the molecule is Cc1[nH]cnc1C=CC(=O)c1ccc2ccccc2c1. The lowest BCUT2D eigenvalue weighted by atomic mass is 10.0. The number of hydrogen-bond donors (Lipinski definition) is 1. The zero-order valence-electron chi connectivity index (χ0n) is 11.1. The van der Waals surface area contributed by atoms with Gasteiger partial charge in [0, 0.05) is 11.3 Å². The highest BCUT2D eigenvalue weighted by Gasteiger charge is 2.04. The number of rotatable bonds is 3. The van der Waals surface area contributed by atoms with Crippen molar-refractivity contribution in [3.8, 4) is 0 Å². The number of nitrogens with one attached hydrogen (secondary N) is 1. The van der Waals surface area contributed by atoms with Crippen molar-refractivity contribution < 1.29 is 4.79 Å². The van der Waals surface area contributed by atoms with E-state index >= 15 is 0 Å². The Morgan fingerprint density at radius 1 is 1.15 bits per heavy atom. The van der Waals surface area contributed by atoms with Gasteiger partial charge in [-0.15, -0.1) is 0 Å². The monoisotopic (exact) mass is 262 g/mol. The molecule has 3 aromatic rings. The van der Waals surface area contributed by atoms with E-state index in [4.69, 9.17) is 0 Å². The molecule has 0 aliphatic rings. The quantitative estimate of drug-likeness (QED) is 0.577. The van der Waals surface area contributed by atoms with Crippen molar-refractivity contribution >= 4 is 22.6 Å². The molecule has 20 heavy (non-hydrogen) atoms. The molecular formula is C17H14N2O. The molecule has 0 atom stereocenters. The molecular weight excluding hydrogens is 248 g/mol. The molecule has 0 aliphatic heterocycles. The van der Waals surface area contributed by atoms with E-state index in [1.807, 2.05) is 49.4 Å². The van der Waals surface area contributed by atoms with Crippen molar-refractivity contribution in [2.45, 2.75) is 6.92 Å². The van der Waals surface area contributed by atoms with Gasteiger partial charge in [-0.05, 0) is 35.9 Å². The van der Waals surface area contributed by atoms with E-state index in [0.29, 0.717) is 5.56 Å². The third kappa shape index (κ3) is 2.38. The van der Waals surface area contributed by atoms with Crippen LogP contribution in [0.4, 0.5) is 0 Å². The molecule has 1 aromatic heterocycles. The number of H-pyrrole nitrogens is 1. The highest BCUT2D eigenvalue weighted by atomic mass is 16.1. The van der Waals surface area contributed by atoms with Crippen LogP contribution in [0.2, 0.25) is 0 Å². The Bertz CT molecular complexity index is 799. The van der Waals surface area contributed by atoms with Crippen molar-refractivity contribution in [1.82, 2.24) is 9.97 Å². The van der Waals surface area contributed by atoms with E-state index in [-0.39, 0.29) is 5.78 Å². The maximum absolute atomic E-state index is 12.2. The lowest BCUT2D eigenvalue weighted by Gasteiger charge is -2.00. The van der Waals surface area contributed by atoms with Crippen LogP contribution < -0.4 is 0 Å². The summed E-state index contributed by atoms with van der Waals surface area (Å²) < 4.78 is 0. The molecule has 98 valence electrons. The van der Waals surface area contributed by atoms with Crippen molar-refractivity contribution in [2.24, 2.45) is 0 Å². The highest BCUT2D eigenvalue weighted by Crippen LogP contribution is 2.16. The molecule has 0 spiro atoms. The summed E-state index contributed by atoms with van der Waals surface area (Å²) in [6, 6.07) is 13.7. The first kappa shape index (κ1) is 12.4. The van der Waals surface area contributed by atoms with Gasteiger partial charge in [0.1, 0.15) is 0 Å². The van der Waals surface area contributed by atoms with Crippen LogP contribution in [0, 0.1) is 6.92 Å². The molecule has 0 fully saturated rings. The van der Waals surface area contributed by atoms with Crippen molar-refractivity contribution in [1.29, 1.82) is 0 Å². The summed E-state index contributed by atoms with van der Waals surface area (Å²) in [7, 11) is 0.